The Morgan fingerprint density at radius 2 is 2.11 bits per heavy atom. The number of aromatic carboxylic acids is 1. The topological polar surface area (TPSA) is 103 Å². The first-order valence-corrected chi connectivity index (χ1v) is 5.00. The molecule has 1 heterocycles. The van der Waals surface area contributed by atoms with Gasteiger partial charge >= 0.3 is 5.97 Å². The summed E-state index contributed by atoms with van der Waals surface area (Å²) in [7, 11) is 0. The van der Waals surface area contributed by atoms with E-state index in [0.717, 1.165) is 17.0 Å². The summed E-state index contributed by atoms with van der Waals surface area (Å²) in [6, 6.07) is 7.09. The second kappa shape index (κ2) is 4.59. The molecular formula is C12H5FN4O2. The highest BCUT2D eigenvalue weighted by molar-refractivity contribution is 5.92. The number of hydrogen-bond donors (Lipinski definition) is 1. The van der Waals surface area contributed by atoms with Gasteiger partial charge in [-0.2, -0.15) is 10.5 Å². The number of rotatable bonds is 2. The normalized spacial score (nSPS) is 9.63. The Morgan fingerprint density at radius 1 is 1.37 bits per heavy atom. The van der Waals surface area contributed by atoms with Gasteiger partial charge in [0.1, 0.15) is 29.8 Å². The van der Waals surface area contributed by atoms with Crippen molar-refractivity contribution in [3.05, 3.63) is 47.3 Å². The maximum absolute atomic E-state index is 13.5. The van der Waals surface area contributed by atoms with Crippen molar-refractivity contribution in [2.75, 3.05) is 0 Å². The third-order valence-corrected chi connectivity index (χ3v) is 2.44. The zero-order valence-electron chi connectivity index (χ0n) is 9.33. The SMILES string of the molecule is N#Cc1ncn(-c2cccc(F)c2C(=O)O)c1C#N. The van der Waals surface area contributed by atoms with Crippen molar-refractivity contribution < 1.29 is 14.3 Å². The Balaban J connectivity index is 2.78. The van der Waals surface area contributed by atoms with Crippen LogP contribution in [0.2, 0.25) is 0 Å². The van der Waals surface area contributed by atoms with E-state index in [-0.39, 0.29) is 17.1 Å². The lowest BCUT2D eigenvalue weighted by atomic mass is 10.1. The molecular weight excluding hydrogens is 251 g/mol. The number of imidazole rings is 1. The Hall–Kier alpha value is -3.19. The molecule has 1 aromatic carbocycles. The zero-order chi connectivity index (χ0) is 14.0. The Morgan fingerprint density at radius 3 is 2.68 bits per heavy atom. The molecule has 0 unspecified atom stereocenters. The quantitative estimate of drug-likeness (QED) is 0.875. The predicted molar refractivity (Wildman–Crippen MR) is 59.9 cm³/mol. The van der Waals surface area contributed by atoms with Crippen LogP contribution in [0.3, 0.4) is 0 Å². The molecule has 2 rings (SSSR count). The molecule has 7 heteroatoms. The maximum Gasteiger partial charge on any atom is 0.340 e. The van der Waals surface area contributed by atoms with Crippen molar-refractivity contribution >= 4 is 5.97 Å². The largest absolute Gasteiger partial charge is 0.478 e. The third-order valence-electron chi connectivity index (χ3n) is 2.44. The van der Waals surface area contributed by atoms with E-state index in [4.69, 9.17) is 15.6 Å². The highest BCUT2D eigenvalue weighted by atomic mass is 19.1. The van der Waals surface area contributed by atoms with E-state index < -0.39 is 17.3 Å². The number of nitrogens with zero attached hydrogens (tertiary/aromatic N) is 4. The summed E-state index contributed by atoms with van der Waals surface area (Å²) in [6.07, 6.45) is 1.11. The number of hydrogen-bond acceptors (Lipinski definition) is 4. The average molecular weight is 256 g/mol. The van der Waals surface area contributed by atoms with Crippen LogP contribution in [0, 0.1) is 28.5 Å². The molecule has 0 radical (unpaired) electrons. The van der Waals surface area contributed by atoms with Crippen LogP contribution >= 0.6 is 0 Å². The molecule has 0 aliphatic heterocycles. The molecule has 92 valence electrons. The minimum atomic E-state index is -1.47. The number of benzene rings is 1. The molecule has 6 nitrogen and oxygen atoms in total. The van der Waals surface area contributed by atoms with Gasteiger partial charge in [-0.3, -0.25) is 4.57 Å². The van der Waals surface area contributed by atoms with Gasteiger partial charge in [0.25, 0.3) is 0 Å². The van der Waals surface area contributed by atoms with Gasteiger partial charge in [-0.25, -0.2) is 14.2 Å². The summed E-state index contributed by atoms with van der Waals surface area (Å²) in [5.74, 6) is -2.40. The molecule has 0 atom stereocenters. The molecule has 0 bridgehead atoms. The Bertz CT molecular complexity index is 752. The van der Waals surface area contributed by atoms with Crippen molar-refractivity contribution in [2.45, 2.75) is 0 Å². The van der Waals surface area contributed by atoms with E-state index in [0.29, 0.717) is 0 Å². The molecule has 0 spiro atoms. The second-order valence-corrected chi connectivity index (χ2v) is 3.47. The molecule has 0 amide bonds. The van der Waals surface area contributed by atoms with Crippen LogP contribution in [0.15, 0.2) is 24.5 Å². The first kappa shape index (κ1) is 12.3. The first-order chi connectivity index (χ1) is 9.10. The van der Waals surface area contributed by atoms with E-state index in [1.165, 1.54) is 12.1 Å². The highest BCUT2D eigenvalue weighted by Gasteiger charge is 2.20. The molecule has 2 aromatic rings. The van der Waals surface area contributed by atoms with Gasteiger partial charge in [0.2, 0.25) is 0 Å². The van der Waals surface area contributed by atoms with Crippen molar-refractivity contribution in [1.82, 2.24) is 9.55 Å². The Labute approximate surface area is 106 Å². The summed E-state index contributed by atoms with van der Waals surface area (Å²) < 4.78 is 14.6. The average Bonchev–Trinajstić information content (AvgIpc) is 2.80. The standard InChI is InChI=1S/C12H5FN4O2/c13-7-2-1-3-9(11(7)12(18)19)17-6-16-8(4-14)10(17)5-15/h1-3,6H,(H,18,19). The van der Waals surface area contributed by atoms with Crippen LogP contribution in [0.5, 0.6) is 0 Å². The number of carboxylic acid groups (broad SMARTS) is 1. The fraction of sp³-hybridized carbons (Fsp3) is 0. The van der Waals surface area contributed by atoms with Gasteiger partial charge in [0.15, 0.2) is 11.4 Å². The van der Waals surface area contributed by atoms with E-state index in [9.17, 15) is 9.18 Å². The number of nitriles is 2. The number of halogens is 1. The molecule has 0 saturated heterocycles. The number of aromatic nitrogens is 2. The van der Waals surface area contributed by atoms with Crippen molar-refractivity contribution in [3.8, 4) is 17.8 Å². The van der Waals surface area contributed by atoms with Gasteiger partial charge in [-0.05, 0) is 12.1 Å². The summed E-state index contributed by atoms with van der Waals surface area (Å²) in [4.78, 5) is 14.7. The van der Waals surface area contributed by atoms with Crippen LogP contribution in [0.25, 0.3) is 5.69 Å². The smallest absolute Gasteiger partial charge is 0.340 e. The van der Waals surface area contributed by atoms with Crippen molar-refractivity contribution in [3.63, 3.8) is 0 Å². The van der Waals surface area contributed by atoms with Gasteiger partial charge in [0.05, 0.1) is 5.69 Å². The van der Waals surface area contributed by atoms with E-state index in [1.54, 1.807) is 12.1 Å². The number of carbonyl (C=O) groups is 1. The molecule has 1 aromatic heterocycles. The molecule has 0 aliphatic rings. The van der Waals surface area contributed by atoms with Gasteiger partial charge in [-0.1, -0.05) is 6.07 Å². The fourth-order valence-electron chi connectivity index (χ4n) is 1.64. The molecule has 19 heavy (non-hydrogen) atoms. The summed E-state index contributed by atoms with van der Waals surface area (Å²) in [6.45, 7) is 0. The zero-order valence-corrected chi connectivity index (χ0v) is 9.33. The maximum atomic E-state index is 13.5. The van der Waals surface area contributed by atoms with Crippen LogP contribution in [-0.2, 0) is 0 Å². The highest BCUT2D eigenvalue weighted by Crippen LogP contribution is 2.21. The van der Waals surface area contributed by atoms with Crippen LogP contribution in [-0.4, -0.2) is 20.6 Å². The van der Waals surface area contributed by atoms with E-state index >= 15 is 0 Å². The van der Waals surface area contributed by atoms with Gasteiger partial charge in [0, 0.05) is 0 Å². The van der Waals surface area contributed by atoms with Crippen molar-refractivity contribution in [1.29, 1.82) is 10.5 Å². The van der Waals surface area contributed by atoms with E-state index in [2.05, 4.69) is 4.98 Å². The summed E-state index contributed by atoms with van der Waals surface area (Å²) in [5, 5.41) is 26.8. The van der Waals surface area contributed by atoms with Crippen LogP contribution in [0.1, 0.15) is 21.7 Å². The minimum absolute atomic E-state index is 0.0574. The summed E-state index contributed by atoms with van der Waals surface area (Å²) in [5.41, 5.74) is -0.933. The molecule has 0 aliphatic carbocycles. The third kappa shape index (κ3) is 1.90. The molecule has 0 saturated carbocycles. The lowest BCUT2D eigenvalue weighted by Crippen LogP contribution is -2.09. The summed E-state index contributed by atoms with van der Waals surface area (Å²) >= 11 is 0. The predicted octanol–water partition coefficient (Wildman–Crippen LogP) is 1.45. The Kier molecular flexibility index (Phi) is 2.96. The van der Waals surface area contributed by atoms with Crippen LogP contribution in [0.4, 0.5) is 4.39 Å². The fourth-order valence-corrected chi connectivity index (χ4v) is 1.64. The minimum Gasteiger partial charge on any atom is -0.478 e. The van der Waals surface area contributed by atoms with Crippen LogP contribution < -0.4 is 0 Å². The second-order valence-electron chi connectivity index (χ2n) is 3.47. The monoisotopic (exact) mass is 256 g/mol. The lowest BCUT2D eigenvalue weighted by Gasteiger charge is -2.08. The molecule has 0 fully saturated rings. The van der Waals surface area contributed by atoms with Crippen molar-refractivity contribution in [2.24, 2.45) is 0 Å². The van der Waals surface area contributed by atoms with Gasteiger partial charge < -0.3 is 5.11 Å². The number of carboxylic acids is 1. The lowest BCUT2D eigenvalue weighted by molar-refractivity contribution is 0.0692. The first-order valence-electron chi connectivity index (χ1n) is 5.00. The van der Waals surface area contributed by atoms with E-state index in [1.807, 2.05) is 0 Å². The molecule has 1 N–H and O–H groups in total. The van der Waals surface area contributed by atoms with Gasteiger partial charge in [-0.15, -0.1) is 0 Å².